The van der Waals surface area contributed by atoms with Crippen molar-refractivity contribution in [1.29, 1.82) is 0 Å². The summed E-state index contributed by atoms with van der Waals surface area (Å²) in [5, 5.41) is 5.28. The summed E-state index contributed by atoms with van der Waals surface area (Å²) in [7, 11) is 2.17. The summed E-state index contributed by atoms with van der Waals surface area (Å²) < 4.78 is 7.50. The van der Waals surface area contributed by atoms with Gasteiger partial charge in [0.05, 0.1) is 23.1 Å². The summed E-state index contributed by atoms with van der Waals surface area (Å²) >= 11 is 0. The molecule has 0 saturated heterocycles. The topological polar surface area (TPSA) is 72.9 Å². The van der Waals surface area contributed by atoms with Gasteiger partial charge < -0.3 is 14.0 Å². The van der Waals surface area contributed by atoms with Gasteiger partial charge in [0.15, 0.2) is 0 Å². The monoisotopic (exact) mass is 428 g/mol. The maximum Gasteiger partial charge on any atom is 0.223 e. The number of likely N-dealkylation sites (N-methyl/N-ethyl adjacent to an activating group) is 1. The Hall–Kier alpha value is -3.32. The van der Waals surface area contributed by atoms with Crippen LogP contribution in [0.25, 0.3) is 39.3 Å². The van der Waals surface area contributed by atoms with Crippen LogP contribution in [0.1, 0.15) is 37.6 Å². The van der Waals surface area contributed by atoms with Crippen molar-refractivity contribution in [3.05, 3.63) is 54.3 Å². The molecule has 0 aromatic carbocycles. The lowest BCUT2D eigenvalue weighted by molar-refractivity contribution is 0.370. The molecule has 5 heterocycles. The molecule has 4 aromatic heterocycles. The minimum absolute atomic E-state index is 0.544. The third-order valence-electron chi connectivity index (χ3n) is 6.09. The third-order valence-corrected chi connectivity index (χ3v) is 6.09. The zero-order valence-corrected chi connectivity index (χ0v) is 18.9. The molecule has 0 N–H and O–H groups in total. The van der Waals surface area contributed by atoms with Crippen molar-refractivity contribution in [3.63, 3.8) is 0 Å². The van der Waals surface area contributed by atoms with Crippen LogP contribution in [0.5, 0.6) is 0 Å². The SMILES string of the molecule is CCCCn1cc(C2=CCN(C)CC2)c2cc(-c3cc(-c4noc(C)n4)ccn3)ncc21. The second-order valence-electron chi connectivity index (χ2n) is 8.48. The van der Waals surface area contributed by atoms with Gasteiger partial charge in [0.25, 0.3) is 0 Å². The highest BCUT2D eigenvalue weighted by Gasteiger charge is 2.17. The number of fused-ring (bicyclic) bond motifs is 1. The molecule has 5 rings (SSSR count). The van der Waals surface area contributed by atoms with Gasteiger partial charge in [-0.3, -0.25) is 9.97 Å². The van der Waals surface area contributed by atoms with E-state index in [4.69, 9.17) is 9.51 Å². The van der Waals surface area contributed by atoms with Crippen LogP contribution in [0.15, 0.2) is 47.4 Å². The number of pyridine rings is 2. The molecule has 0 bridgehead atoms. The fraction of sp³-hybridized carbons (Fsp3) is 0.360. The molecular weight excluding hydrogens is 400 g/mol. The molecule has 1 aliphatic heterocycles. The van der Waals surface area contributed by atoms with E-state index in [1.165, 1.54) is 28.5 Å². The molecular formula is C25H28N6O. The molecule has 0 radical (unpaired) electrons. The molecule has 0 fully saturated rings. The fourth-order valence-corrected chi connectivity index (χ4v) is 4.24. The van der Waals surface area contributed by atoms with Gasteiger partial charge in [-0.2, -0.15) is 4.98 Å². The van der Waals surface area contributed by atoms with Crippen LogP contribution in [-0.4, -0.2) is 49.7 Å². The molecule has 1 aliphatic rings. The van der Waals surface area contributed by atoms with Crippen molar-refractivity contribution in [2.45, 2.75) is 39.7 Å². The summed E-state index contributed by atoms with van der Waals surface area (Å²) in [6.07, 6.45) is 11.8. The van der Waals surface area contributed by atoms with Crippen molar-refractivity contribution in [1.82, 2.24) is 29.6 Å². The van der Waals surface area contributed by atoms with Crippen molar-refractivity contribution < 1.29 is 4.52 Å². The zero-order valence-electron chi connectivity index (χ0n) is 18.9. The number of unbranched alkanes of at least 4 members (excludes halogenated alkanes) is 1. The Morgan fingerprint density at radius 2 is 2.03 bits per heavy atom. The number of nitrogens with zero attached hydrogens (tertiary/aromatic N) is 6. The molecule has 0 saturated carbocycles. The molecule has 0 unspecified atom stereocenters. The highest BCUT2D eigenvalue weighted by molar-refractivity contribution is 5.94. The summed E-state index contributed by atoms with van der Waals surface area (Å²) in [6, 6.07) is 6.04. The lowest BCUT2D eigenvalue weighted by atomic mass is 9.99. The van der Waals surface area contributed by atoms with Gasteiger partial charge in [-0.1, -0.05) is 24.6 Å². The van der Waals surface area contributed by atoms with Crippen molar-refractivity contribution >= 4 is 16.5 Å². The Bertz CT molecular complexity index is 1280. The van der Waals surface area contributed by atoms with Gasteiger partial charge in [-0.05, 0) is 43.7 Å². The van der Waals surface area contributed by atoms with Crippen LogP contribution in [0.4, 0.5) is 0 Å². The van der Waals surface area contributed by atoms with E-state index in [1.54, 1.807) is 13.1 Å². The van der Waals surface area contributed by atoms with Crippen LogP contribution in [0, 0.1) is 6.92 Å². The minimum atomic E-state index is 0.544. The summed E-state index contributed by atoms with van der Waals surface area (Å²) in [5.41, 5.74) is 6.44. The molecule has 32 heavy (non-hydrogen) atoms. The van der Waals surface area contributed by atoms with Crippen LogP contribution >= 0.6 is 0 Å². The van der Waals surface area contributed by atoms with Gasteiger partial charge in [0.1, 0.15) is 0 Å². The van der Waals surface area contributed by atoms with Gasteiger partial charge in [-0.25, -0.2) is 0 Å². The molecule has 164 valence electrons. The average molecular weight is 429 g/mol. The summed E-state index contributed by atoms with van der Waals surface area (Å²) in [4.78, 5) is 16.0. The van der Waals surface area contributed by atoms with E-state index in [0.717, 1.165) is 49.4 Å². The first-order valence-electron chi connectivity index (χ1n) is 11.3. The summed E-state index contributed by atoms with van der Waals surface area (Å²) in [5.74, 6) is 1.11. The fourth-order valence-electron chi connectivity index (χ4n) is 4.24. The largest absolute Gasteiger partial charge is 0.346 e. The van der Waals surface area contributed by atoms with E-state index in [0.29, 0.717) is 11.7 Å². The first kappa shape index (κ1) is 20.6. The van der Waals surface area contributed by atoms with E-state index in [1.807, 2.05) is 18.3 Å². The molecule has 0 aliphatic carbocycles. The normalized spacial score (nSPS) is 14.8. The lowest BCUT2D eigenvalue weighted by Crippen LogP contribution is -2.23. The number of hydrogen-bond acceptors (Lipinski definition) is 6. The lowest BCUT2D eigenvalue weighted by Gasteiger charge is -2.21. The number of aryl methyl sites for hydroxylation is 2. The van der Waals surface area contributed by atoms with Crippen molar-refractivity contribution in [3.8, 4) is 22.8 Å². The molecule has 0 atom stereocenters. The predicted octanol–water partition coefficient (Wildman–Crippen LogP) is 4.98. The Balaban J connectivity index is 1.59. The van der Waals surface area contributed by atoms with E-state index >= 15 is 0 Å². The second kappa shape index (κ2) is 8.67. The van der Waals surface area contributed by atoms with Gasteiger partial charge >= 0.3 is 0 Å². The maximum absolute atomic E-state index is 5.14. The summed E-state index contributed by atoms with van der Waals surface area (Å²) in [6.45, 7) is 7.09. The highest BCUT2D eigenvalue weighted by Crippen LogP contribution is 2.33. The van der Waals surface area contributed by atoms with E-state index < -0.39 is 0 Å². The number of hydrogen-bond donors (Lipinski definition) is 0. The molecule has 0 spiro atoms. The number of aromatic nitrogens is 5. The third kappa shape index (κ3) is 3.96. The molecule has 7 heteroatoms. The first-order valence-corrected chi connectivity index (χ1v) is 11.3. The molecule has 7 nitrogen and oxygen atoms in total. The highest BCUT2D eigenvalue weighted by atomic mass is 16.5. The van der Waals surface area contributed by atoms with Crippen LogP contribution in [-0.2, 0) is 6.54 Å². The zero-order chi connectivity index (χ0) is 22.1. The average Bonchev–Trinajstić information content (AvgIpc) is 3.42. The molecule has 4 aromatic rings. The van der Waals surface area contributed by atoms with E-state index in [-0.39, 0.29) is 0 Å². The molecule has 0 amide bonds. The Kier molecular flexibility index (Phi) is 5.57. The van der Waals surface area contributed by atoms with Crippen LogP contribution < -0.4 is 0 Å². The van der Waals surface area contributed by atoms with Gasteiger partial charge in [-0.15, -0.1) is 0 Å². The predicted molar refractivity (Wildman–Crippen MR) is 126 cm³/mol. The van der Waals surface area contributed by atoms with E-state index in [9.17, 15) is 0 Å². The quantitative estimate of drug-likeness (QED) is 0.431. The standard InChI is InChI=1S/C25H28N6O/c1-4-5-10-31-16-21(18-7-11-30(3)12-8-18)20-14-23(27-15-24(20)31)22-13-19(6-9-26-22)25-28-17(2)32-29-25/h6-7,9,13-16H,4-5,8,10-12H2,1-3H3. The van der Waals surface area contributed by atoms with E-state index in [2.05, 4.69) is 56.9 Å². The Morgan fingerprint density at radius 3 is 2.78 bits per heavy atom. The van der Waals surface area contributed by atoms with Gasteiger partial charge in [0.2, 0.25) is 11.7 Å². The van der Waals surface area contributed by atoms with Crippen LogP contribution in [0.3, 0.4) is 0 Å². The van der Waals surface area contributed by atoms with Crippen LogP contribution in [0.2, 0.25) is 0 Å². The van der Waals surface area contributed by atoms with Crippen molar-refractivity contribution in [2.75, 3.05) is 20.1 Å². The van der Waals surface area contributed by atoms with Crippen molar-refractivity contribution in [2.24, 2.45) is 0 Å². The number of rotatable bonds is 6. The minimum Gasteiger partial charge on any atom is -0.346 e. The Morgan fingerprint density at radius 1 is 1.16 bits per heavy atom. The second-order valence-corrected chi connectivity index (χ2v) is 8.48. The van der Waals surface area contributed by atoms with Gasteiger partial charge in [0, 0.05) is 55.5 Å². The maximum atomic E-state index is 5.14. The first-order chi connectivity index (χ1) is 15.6. The smallest absolute Gasteiger partial charge is 0.223 e. The Labute approximate surface area is 187 Å².